The number of aryl methyl sites for hydroxylation is 2. The summed E-state index contributed by atoms with van der Waals surface area (Å²) >= 11 is 0. The van der Waals surface area contributed by atoms with Crippen molar-refractivity contribution in [3.63, 3.8) is 0 Å². The number of carbonyl (C=O) groups is 2. The third kappa shape index (κ3) is 7.31. The molecule has 2 heterocycles. The molecule has 0 N–H and O–H groups in total. The number of nitrogens with zero attached hydrogens (tertiary/aromatic N) is 6. The molecule has 11 nitrogen and oxygen atoms in total. The molecule has 0 atom stereocenters. The molecule has 282 valence electrons. The van der Waals surface area contributed by atoms with Crippen LogP contribution in [0.3, 0.4) is 0 Å². The summed E-state index contributed by atoms with van der Waals surface area (Å²) in [4.78, 5) is 29.6. The summed E-state index contributed by atoms with van der Waals surface area (Å²) in [6, 6.07) is 47.4. The number of imidazole rings is 1. The molecule has 2 aromatic heterocycles. The van der Waals surface area contributed by atoms with Crippen LogP contribution < -0.4 is 0 Å². The second-order valence-electron chi connectivity index (χ2n) is 13.1. The first-order valence-electron chi connectivity index (χ1n) is 18.6. The summed E-state index contributed by atoms with van der Waals surface area (Å²) in [6.45, 7) is 3.83. The lowest BCUT2D eigenvalue weighted by Gasteiger charge is -2.36. The smallest absolute Gasteiger partial charge is 0.438 e. The van der Waals surface area contributed by atoms with Crippen molar-refractivity contribution >= 4 is 12.1 Å². The molecule has 0 aliphatic heterocycles. The quantitative estimate of drug-likeness (QED) is 0.0612. The minimum atomic E-state index is -0.935. The van der Waals surface area contributed by atoms with Crippen molar-refractivity contribution in [1.82, 2.24) is 29.8 Å². The number of hydrogen-bond acceptors (Lipinski definition) is 9. The standard InChI is InChI=1S/C45H42N6O5/c1-4-17-40-46-39(5-2)41(43(52)55-31-56-44(53)54-3)50(40)30-32-26-28-33(29-27-32)37-24-15-16-25-38(37)42-47-48-49-51(42)45(34-18-9-6-10-19-34,35-20-11-7-12-21-35)36-22-13-8-14-23-36/h6-16,18-29H,4-5,17,30-31H2,1-3H3. The van der Waals surface area contributed by atoms with Gasteiger partial charge >= 0.3 is 12.1 Å². The SMILES string of the molecule is CCCc1nc(CC)c(C(=O)OCOC(=O)OC)n1Cc1ccc(-c2ccccc2-c2nnnn2C(c2ccccc2)(c2ccccc2)c2ccccc2)cc1. The zero-order chi connectivity index (χ0) is 38.9. The molecule has 7 rings (SSSR count). The Morgan fingerprint density at radius 2 is 1.27 bits per heavy atom. The molecule has 0 fully saturated rings. The van der Waals surface area contributed by atoms with Crippen LogP contribution in [0.4, 0.5) is 4.79 Å². The van der Waals surface area contributed by atoms with Gasteiger partial charge in [-0.05, 0) is 56.6 Å². The number of hydrogen-bond donors (Lipinski definition) is 0. The van der Waals surface area contributed by atoms with E-state index in [1.807, 2.05) is 101 Å². The Bertz CT molecular complexity index is 2300. The van der Waals surface area contributed by atoms with E-state index in [4.69, 9.17) is 24.8 Å². The molecule has 56 heavy (non-hydrogen) atoms. The van der Waals surface area contributed by atoms with Gasteiger partial charge in [-0.15, -0.1) is 5.10 Å². The fourth-order valence-corrected chi connectivity index (χ4v) is 7.26. The normalized spacial score (nSPS) is 11.3. The molecule has 7 aromatic rings. The lowest BCUT2D eigenvalue weighted by Crippen LogP contribution is -2.39. The minimum absolute atomic E-state index is 0.337. The predicted molar refractivity (Wildman–Crippen MR) is 212 cm³/mol. The van der Waals surface area contributed by atoms with E-state index in [1.54, 1.807) is 0 Å². The number of tetrazole rings is 1. The molecule has 11 heteroatoms. The molecule has 0 radical (unpaired) electrons. The highest BCUT2D eigenvalue weighted by Gasteiger charge is 2.42. The second kappa shape index (κ2) is 17.1. The number of aromatic nitrogens is 6. The van der Waals surface area contributed by atoms with Gasteiger partial charge < -0.3 is 18.8 Å². The molecule has 0 aliphatic carbocycles. The Morgan fingerprint density at radius 1 is 0.696 bits per heavy atom. The molecule has 5 aromatic carbocycles. The van der Waals surface area contributed by atoms with Gasteiger partial charge in [0.05, 0.1) is 12.8 Å². The first-order valence-corrected chi connectivity index (χ1v) is 18.6. The number of ether oxygens (including phenoxy) is 3. The fraction of sp³-hybridized carbons (Fsp3) is 0.200. The maximum Gasteiger partial charge on any atom is 0.510 e. The van der Waals surface area contributed by atoms with Gasteiger partial charge in [-0.3, -0.25) is 0 Å². The van der Waals surface area contributed by atoms with Crippen molar-refractivity contribution in [2.75, 3.05) is 13.9 Å². The Hall–Kier alpha value is -6.88. The predicted octanol–water partition coefficient (Wildman–Crippen LogP) is 8.50. The van der Waals surface area contributed by atoms with Crippen molar-refractivity contribution in [3.8, 4) is 22.5 Å². The van der Waals surface area contributed by atoms with Crippen molar-refractivity contribution in [1.29, 1.82) is 0 Å². The van der Waals surface area contributed by atoms with Gasteiger partial charge in [0.2, 0.25) is 6.79 Å². The third-order valence-corrected chi connectivity index (χ3v) is 9.79. The monoisotopic (exact) mass is 746 g/mol. The molecular weight excluding hydrogens is 705 g/mol. The second-order valence-corrected chi connectivity index (χ2v) is 13.1. The Kier molecular flexibility index (Phi) is 11.4. The van der Waals surface area contributed by atoms with Gasteiger partial charge in [0.25, 0.3) is 0 Å². The van der Waals surface area contributed by atoms with Gasteiger partial charge in [0, 0.05) is 18.5 Å². The van der Waals surface area contributed by atoms with Crippen LogP contribution in [0.15, 0.2) is 140 Å². The van der Waals surface area contributed by atoms with E-state index in [1.165, 1.54) is 7.11 Å². The molecule has 0 spiro atoms. The van der Waals surface area contributed by atoms with Crippen LogP contribution in [0.2, 0.25) is 0 Å². The largest absolute Gasteiger partial charge is 0.510 e. The van der Waals surface area contributed by atoms with Crippen molar-refractivity contribution in [2.24, 2.45) is 0 Å². The minimum Gasteiger partial charge on any atom is -0.438 e. The van der Waals surface area contributed by atoms with Crippen LogP contribution in [-0.4, -0.2) is 55.8 Å². The van der Waals surface area contributed by atoms with E-state index in [-0.39, 0.29) is 0 Å². The van der Waals surface area contributed by atoms with E-state index in [0.717, 1.165) is 51.2 Å². The average Bonchev–Trinajstić information content (AvgIpc) is 3.88. The summed E-state index contributed by atoms with van der Waals surface area (Å²) in [5.74, 6) is 0.766. The Morgan fingerprint density at radius 3 is 1.82 bits per heavy atom. The topological polar surface area (TPSA) is 123 Å². The van der Waals surface area contributed by atoms with Gasteiger partial charge in [-0.2, -0.15) is 0 Å². The zero-order valence-corrected chi connectivity index (χ0v) is 31.5. The van der Waals surface area contributed by atoms with Crippen molar-refractivity contribution in [2.45, 2.75) is 45.2 Å². The highest BCUT2D eigenvalue weighted by molar-refractivity contribution is 5.89. The van der Waals surface area contributed by atoms with E-state index in [0.29, 0.717) is 36.6 Å². The summed E-state index contributed by atoms with van der Waals surface area (Å²) in [6.07, 6.45) is 1.11. The lowest BCUT2D eigenvalue weighted by molar-refractivity contribution is -0.0228. The summed E-state index contributed by atoms with van der Waals surface area (Å²) in [7, 11) is 1.19. The molecule has 0 unspecified atom stereocenters. The first-order chi connectivity index (χ1) is 27.5. The number of rotatable bonds is 14. The molecular formula is C45H42N6O5. The zero-order valence-electron chi connectivity index (χ0n) is 31.5. The van der Waals surface area contributed by atoms with Gasteiger partial charge in [0.1, 0.15) is 11.4 Å². The number of esters is 1. The van der Waals surface area contributed by atoms with Crippen LogP contribution in [0, 0.1) is 0 Å². The lowest BCUT2D eigenvalue weighted by atomic mass is 9.77. The van der Waals surface area contributed by atoms with Crippen LogP contribution in [-0.2, 0) is 39.1 Å². The number of carbonyl (C=O) groups excluding carboxylic acids is 2. The van der Waals surface area contributed by atoms with E-state index in [2.05, 4.69) is 71.5 Å². The molecule has 0 bridgehead atoms. The van der Waals surface area contributed by atoms with E-state index >= 15 is 0 Å². The summed E-state index contributed by atoms with van der Waals surface area (Å²) in [5.41, 5.74) is 6.85. The number of methoxy groups -OCH3 is 1. The molecule has 0 aliphatic rings. The van der Waals surface area contributed by atoms with Crippen LogP contribution in [0.25, 0.3) is 22.5 Å². The highest BCUT2D eigenvalue weighted by Crippen LogP contribution is 2.43. The fourth-order valence-electron chi connectivity index (χ4n) is 7.26. The van der Waals surface area contributed by atoms with E-state index < -0.39 is 24.5 Å². The maximum absolute atomic E-state index is 13.3. The third-order valence-electron chi connectivity index (χ3n) is 9.79. The van der Waals surface area contributed by atoms with Crippen molar-refractivity contribution < 1.29 is 23.8 Å². The number of benzene rings is 5. The molecule has 0 amide bonds. The van der Waals surface area contributed by atoms with E-state index in [9.17, 15) is 9.59 Å². The molecule has 0 saturated carbocycles. The van der Waals surface area contributed by atoms with Crippen LogP contribution >= 0.6 is 0 Å². The summed E-state index contributed by atoms with van der Waals surface area (Å²) < 4.78 is 18.4. The Labute approximate surface area is 325 Å². The first kappa shape index (κ1) is 37.4. The Balaban J connectivity index is 1.28. The van der Waals surface area contributed by atoms with Crippen LogP contribution in [0.5, 0.6) is 0 Å². The average molecular weight is 747 g/mol. The van der Waals surface area contributed by atoms with Crippen LogP contribution in [0.1, 0.15) is 64.5 Å². The van der Waals surface area contributed by atoms with Gasteiger partial charge in [-0.1, -0.05) is 153 Å². The maximum atomic E-state index is 13.3. The van der Waals surface area contributed by atoms with Gasteiger partial charge in [-0.25, -0.2) is 19.3 Å². The summed E-state index contributed by atoms with van der Waals surface area (Å²) in [5, 5.41) is 13.8. The molecule has 0 saturated heterocycles. The highest BCUT2D eigenvalue weighted by atomic mass is 16.8. The van der Waals surface area contributed by atoms with Gasteiger partial charge in [0.15, 0.2) is 11.5 Å². The van der Waals surface area contributed by atoms with Crippen molar-refractivity contribution in [3.05, 3.63) is 179 Å².